The highest BCUT2D eigenvalue weighted by Gasteiger charge is 2.12. The third-order valence-corrected chi connectivity index (χ3v) is 12.3. The SMILES string of the molecule is c1ccc(-c2ccc3ccc4ccc(-c5ccc(-c6cccc(-c7cccc(-c8ccc(-c9ccc%10ccc%11ccc(-c%12ccccc%12)nc%11c%10n9)cc8)c7)c6)cc5)nc4c3n2)cc1. The minimum atomic E-state index is 0.911. The molecule has 4 heterocycles. The van der Waals surface area contributed by atoms with Crippen molar-refractivity contribution in [3.8, 4) is 78.4 Å². The van der Waals surface area contributed by atoms with Gasteiger partial charge in [-0.15, -0.1) is 0 Å². The normalized spacial score (nSPS) is 11.4. The van der Waals surface area contributed by atoms with Gasteiger partial charge in [0.15, 0.2) is 0 Å². The number of benzene rings is 8. The van der Waals surface area contributed by atoms with Gasteiger partial charge < -0.3 is 0 Å². The summed E-state index contributed by atoms with van der Waals surface area (Å²) >= 11 is 0. The van der Waals surface area contributed by atoms with Crippen LogP contribution in [-0.4, -0.2) is 19.9 Å². The molecule has 8 aromatic carbocycles. The molecular weight excluding hydrogens is 777 g/mol. The predicted molar refractivity (Wildman–Crippen MR) is 266 cm³/mol. The van der Waals surface area contributed by atoms with Crippen LogP contribution in [0.5, 0.6) is 0 Å². The minimum Gasteiger partial charge on any atom is -0.245 e. The Bertz CT molecular complexity index is 3450. The Morgan fingerprint density at radius 1 is 0.172 bits per heavy atom. The molecule has 0 unspecified atom stereocenters. The van der Waals surface area contributed by atoms with Crippen molar-refractivity contribution in [2.24, 2.45) is 0 Å². The first-order chi connectivity index (χ1) is 31.7. The van der Waals surface area contributed by atoms with Gasteiger partial charge in [0.25, 0.3) is 0 Å². The number of hydrogen-bond acceptors (Lipinski definition) is 4. The van der Waals surface area contributed by atoms with Crippen molar-refractivity contribution in [2.75, 3.05) is 0 Å². The molecule has 0 aliphatic carbocycles. The fourth-order valence-corrected chi connectivity index (χ4v) is 8.82. The summed E-state index contributed by atoms with van der Waals surface area (Å²) in [4.78, 5) is 20.5. The number of rotatable bonds is 7. The molecule has 0 amide bonds. The Morgan fingerprint density at radius 3 is 0.719 bits per heavy atom. The fourth-order valence-electron chi connectivity index (χ4n) is 8.82. The van der Waals surface area contributed by atoms with Crippen molar-refractivity contribution in [1.82, 2.24) is 19.9 Å². The van der Waals surface area contributed by atoms with Crippen LogP contribution in [0.2, 0.25) is 0 Å². The second-order valence-electron chi connectivity index (χ2n) is 16.3. The number of hydrogen-bond donors (Lipinski definition) is 0. The van der Waals surface area contributed by atoms with Crippen molar-refractivity contribution < 1.29 is 0 Å². The molecule has 12 aromatic rings. The van der Waals surface area contributed by atoms with Crippen LogP contribution in [0.4, 0.5) is 0 Å². The van der Waals surface area contributed by atoms with Crippen LogP contribution >= 0.6 is 0 Å². The maximum Gasteiger partial charge on any atom is 0.0972 e. The fraction of sp³-hybridized carbons (Fsp3) is 0. The number of aromatic nitrogens is 4. The Labute approximate surface area is 370 Å². The molecule has 12 rings (SSSR count). The quantitative estimate of drug-likeness (QED) is 0.150. The molecule has 0 aliphatic rings. The Balaban J connectivity index is 0.801. The van der Waals surface area contributed by atoms with Gasteiger partial charge in [-0.1, -0.05) is 194 Å². The number of nitrogens with zero attached hydrogens (tertiary/aromatic N) is 4. The van der Waals surface area contributed by atoms with Gasteiger partial charge in [-0.25, -0.2) is 19.9 Å². The third kappa shape index (κ3) is 6.94. The molecule has 0 saturated carbocycles. The maximum atomic E-state index is 5.18. The van der Waals surface area contributed by atoms with E-state index < -0.39 is 0 Å². The van der Waals surface area contributed by atoms with Crippen LogP contribution < -0.4 is 0 Å². The van der Waals surface area contributed by atoms with Crippen LogP contribution in [0.15, 0.2) is 231 Å². The predicted octanol–water partition coefficient (Wildman–Crippen LogP) is 15.5. The lowest BCUT2D eigenvalue weighted by Crippen LogP contribution is -1.91. The molecule has 0 bridgehead atoms. The zero-order chi connectivity index (χ0) is 42.4. The zero-order valence-electron chi connectivity index (χ0n) is 34.7. The first-order valence-electron chi connectivity index (χ1n) is 21.6. The molecule has 0 atom stereocenters. The standard InChI is InChI=1S/C60H38N4/c1-3-9-41(10-4-1)53-33-29-45-25-27-47-31-35-55(63-59(47)57(45)61-53)43-21-17-39(18-22-43)49-13-7-15-51(37-49)52-16-8-14-50(38-52)40-19-23-44(24-20-40)56-36-32-48-28-26-46-30-34-54(42-11-5-2-6-12-42)62-58(46)60(48)64-56/h1-38H. The van der Waals surface area contributed by atoms with Crippen molar-refractivity contribution in [3.05, 3.63) is 231 Å². The average molecular weight is 815 g/mol. The van der Waals surface area contributed by atoms with E-state index >= 15 is 0 Å². The molecule has 298 valence electrons. The molecule has 0 radical (unpaired) electrons. The van der Waals surface area contributed by atoms with Crippen LogP contribution in [-0.2, 0) is 0 Å². The highest BCUT2D eigenvalue weighted by molar-refractivity contribution is 6.05. The molecule has 0 aliphatic heterocycles. The van der Waals surface area contributed by atoms with E-state index in [0.717, 1.165) is 111 Å². The second-order valence-corrected chi connectivity index (χ2v) is 16.3. The Morgan fingerprint density at radius 2 is 0.406 bits per heavy atom. The summed E-state index contributed by atoms with van der Waals surface area (Å²) in [5.74, 6) is 0. The number of pyridine rings is 4. The van der Waals surface area contributed by atoms with Gasteiger partial charge in [0, 0.05) is 43.8 Å². The molecular formula is C60H38N4. The molecule has 64 heavy (non-hydrogen) atoms. The molecule has 0 N–H and O–H groups in total. The first kappa shape index (κ1) is 37.2. The lowest BCUT2D eigenvalue weighted by molar-refractivity contribution is 1.36. The Hall–Kier alpha value is -8.60. The van der Waals surface area contributed by atoms with Crippen LogP contribution in [0.1, 0.15) is 0 Å². The van der Waals surface area contributed by atoms with Gasteiger partial charge in [0.05, 0.1) is 44.8 Å². The zero-order valence-corrected chi connectivity index (χ0v) is 34.7. The van der Waals surface area contributed by atoms with Crippen LogP contribution in [0.25, 0.3) is 122 Å². The van der Waals surface area contributed by atoms with E-state index in [2.05, 4.69) is 194 Å². The van der Waals surface area contributed by atoms with E-state index in [-0.39, 0.29) is 0 Å². The second kappa shape index (κ2) is 15.7. The molecule has 4 heteroatoms. The lowest BCUT2D eigenvalue weighted by atomic mass is 9.95. The first-order valence-corrected chi connectivity index (χ1v) is 21.6. The van der Waals surface area contributed by atoms with Crippen LogP contribution in [0, 0.1) is 0 Å². The summed E-state index contributed by atoms with van der Waals surface area (Å²) in [5.41, 5.74) is 18.7. The molecule has 4 aromatic heterocycles. The maximum absolute atomic E-state index is 5.18. The lowest BCUT2D eigenvalue weighted by Gasteiger charge is -2.11. The number of fused-ring (bicyclic) bond motifs is 6. The summed E-state index contributed by atoms with van der Waals surface area (Å²) in [6.07, 6.45) is 0. The highest BCUT2D eigenvalue weighted by atomic mass is 14.8. The van der Waals surface area contributed by atoms with E-state index in [1.54, 1.807) is 0 Å². The van der Waals surface area contributed by atoms with Crippen molar-refractivity contribution >= 4 is 43.6 Å². The topological polar surface area (TPSA) is 51.6 Å². The van der Waals surface area contributed by atoms with E-state index in [0.29, 0.717) is 0 Å². The van der Waals surface area contributed by atoms with Crippen molar-refractivity contribution in [2.45, 2.75) is 0 Å². The molecule has 0 saturated heterocycles. The summed E-state index contributed by atoms with van der Waals surface area (Å²) in [6, 6.07) is 81.1. The molecule has 0 spiro atoms. The smallest absolute Gasteiger partial charge is 0.0972 e. The van der Waals surface area contributed by atoms with Crippen molar-refractivity contribution in [1.29, 1.82) is 0 Å². The van der Waals surface area contributed by atoms with Gasteiger partial charge in [0.2, 0.25) is 0 Å². The molecule has 0 fully saturated rings. The average Bonchev–Trinajstić information content (AvgIpc) is 3.38. The summed E-state index contributed by atoms with van der Waals surface area (Å²) in [7, 11) is 0. The summed E-state index contributed by atoms with van der Waals surface area (Å²) in [6.45, 7) is 0. The third-order valence-electron chi connectivity index (χ3n) is 12.3. The van der Waals surface area contributed by atoms with Crippen molar-refractivity contribution in [3.63, 3.8) is 0 Å². The van der Waals surface area contributed by atoms with E-state index in [9.17, 15) is 0 Å². The van der Waals surface area contributed by atoms with Crippen LogP contribution in [0.3, 0.4) is 0 Å². The highest BCUT2D eigenvalue weighted by Crippen LogP contribution is 2.34. The summed E-state index contributed by atoms with van der Waals surface area (Å²) in [5, 5.41) is 4.31. The summed E-state index contributed by atoms with van der Waals surface area (Å²) < 4.78 is 0. The van der Waals surface area contributed by atoms with E-state index in [1.165, 1.54) is 11.1 Å². The van der Waals surface area contributed by atoms with Gasteiger partial charge in [-0.05, 0) is 69.8 Å². The van der Waals surface area contributed by atoms with Gasteiger partial charge in [-0.3, -0.25) is 0 Å². The van der Waals surface area contributed by atoms with E-state index in [1.807, 2.05) is 36.4 Å². The van der Waals surface area contributed by atoms with E-state index in [4.69, 9.17) is 19.9 Å². The minimum absolute atomic E-state index is 0.911. The monoisotopic (exact) mass is 814 g/mol. The Kier molecular flexibility index (Phi) is 9.12. The van der Waals surface area contributed by atoms with Gasteiger partial charge >= 0.3 is 0 Å². The van der Waals surface area contributed by atoms with Gasteiger partial charge in [0.1, 0.15) is 0 Å². The molecule has 4 nitrogen and oxygen atoms in total. The largest absolute Gasteiger partial charge is 0.245 e. The van der Waals surface area contributed by atoms with Gasteiger partial charge in [-0.2, -0.15) is 0 Å².